The SMILES string of the molecule is Cc1cc(Cl)ccc1NC1NCCS1. The van der Waals surface area contributed by atoms with Crippen LogP contribution < -0.4 is 10.6 Å². The van der Waals surface area contributed by atoms with Crippen molar-refractivity contribution in [1.29, 1.82) is 0 Å². The van der Waals surface area contributed by atoms with Gasteiger partial charge in [-0.25, -0.2) is 0 Å². The fourth-order valence-electron chi connectivity index (χ4n) is 1.45. The first-order valence-electron chi connectivity index (χ1n) is 4.63. The molecule has 1 atom stereocenters. The number of thioether (sulfide) groups is 1. The molecule has 0 aromatic heterocycles. The summed E-state index contributed by atoms with van der Waals surface area (Å²) in [4.78, 5) is 0. The van der Waals surface area contributed by atoms with Gasteiger partial charge in [-0.2, -0.15) is 0 Å². The van der Waals surface area contributed by atoms with Gasteiger partial charge in [0.15, 0.2) is 0 Å². The predicted octanol–water partition coefficient (Wildman–Crippen LogP) is 2.68. The Morgan fingerprint density at radius 3 is 3.07 bits per heavy atom. The lowest BCUT2D eigenvalue weighted by Gasteiger charge is -2.15. The number of nitrogens with one attached hydrogen (secondary N) is 2. The molecular weight excluding hydrogens is 216 g/mol. The molecule has 0 bridgehead atoms. The van der Waals surface area contributed by atoms with Gasteiger partial charge in [0.2, 0.25) is 0 Å². The van der Waals surface area contributed by atoms with Gasteiger partial charge in [-0.3, -0.25) is 5.32 Å². The van der Waals surface area contributed by atoms with Gasteiger partial charge in [0, 0.05) is 23.0 Å². The summed E-state index contributed by atoms with van der Waals surface area (Å²) in [5, 5.41) is 7.59. The highest BCUT2D eigenvalue weighted by Gasteiger charge is 2.14. The molecule has 1 saturated heterocycles. The highest BCUT2D eigenvalue weighted by Crippen LogP contribution is 2.23. The van der Waals surface area contributed by atoms with E-state index >= 15 is 0 Å². The van der Waals surface area contributed by atoms with E-state index in [2.05, 4.69) is 17.6 Å². The first-order valence-corrected chi connectivity index (χ1v) is 6.06. The zero-order valence-electron chi connectivity index (χ0n) is 8.01. The largest absolute Gasteiger partial charge is 0.361 e. The van der Waals surface area contributed by atoms with Gasteiger partial charge in [0.1, 0.15) is 5.50 Å². The minimum Gasteiger partial charge on any atom is -0.361 e. The smallest absolute Gasteiger partial charge is 0.125 e. The maximum atomic E-state index is 5.88. The summed E-state index contributed by atoms with van der Waals surface area (Å²) in [7, 11) is 0. The molecule has 4 heteroatoms. The van der Waals surface area contributed by atoms with E-state index in [0.29, 0.717) is 5.50 Å². The molecule has 2 N–H and O–H groups in total. The van der Waals surface area contributed by atoms with Gasteiger partial charge in [0.05, 0.1) is 0 Å². The topological polar surface area (TPSA) is 24.1 Å². The van der Waals surface area contributed by atoms with Crippen LogP contribution in [-0.4, -0.2) is 17.8 Å². The molecule has 1 fully saturated rings. The average Bonchev–Trinajstić information content (AvgIpc) is 2.62. The van der Waals surface area contributed by atoms with Gasteiger partial charge < -0.3 is 5.32 Å². The van der Waals surface area contributed by atoms with Crippen LogP contribution in [0.15, 0.2) is 18.2 Å². The molecule has 2 nitrogen and oxygen atoms in total. The molecular formula is C10H13ClN2S. The van der Waals surface area contributed by atoms with E-state index < -0.39 is 0 Å². The number of hydrogen-bond acceptors (Lipinski definition) is 3. The zero-order valence-corrected chi connectivity index (χ0v) is 9.58. The molecule has 14 heavy (non-hydrogen) atoms. The summed E-state index contributed by atoms with van der Waals surface area (Å²) in [6.45, 7) is 3.14. The molecule has 0 amide bonds. The number of hydrogen-bond donors (Lipinski definition) is 2. The molecule has 1 aromatic rings. The van der Waals surface area contributed by atoms with E-state index in [9.17, 15) is 0 Å². The summed E-state index contributed by atoms with van der Waals surface area (Å²) in [5.74, 6) is 1.17. The van der Waals surface area contributed by atoms with Crippen molar-refractivity contribution >= 4 is 29.1 Å². The molecule has 0 radical (unpaired) electrons. The summed E-state index contributed by atoms with van der Waals surface area (Å²) < 4.78 is 0. The normalized spacial score (nSPS) is 21.1. The number of rotatable bonds is 2. The van der Waals surface area contributed by atoms with E-state index in [1.807, 2.05) is 30.0 Å². The lowest BCUT2D eigenvalue weighted by Crippen LogP contribution is -2.27. The van der Waals surface area contributed by atoms with Crippen molar-refractivity contribution in [3.8, 4) is 0 Å². The van der Waals surface area contributed by atoms with Gasteiger partial charge in [-0.05, 0) is 30.7 Å². The number of halogens is 1. The molecule has 0 saturated carbocycles. The van der Waals surface area contributed by atoms with Crippen LogP contribution in [-0.2, 0) is 0 Å². The Labute approximate surface area is 93.4 Å². The fraction of sp³-hybridized carbons (Fsp3) is 0.400. The second kappa shape index (κ2) is 4.43. The van der Waals surface area contributed by atoms with Gasteiger partial charge in [-0.1, -0.05) is 11.6 Å². The molecule has 1 aliphatic rings. The highest BCUT2D eigenvalue weighted by molar-refractivity contribution is 8.00. The van der Waals surface area contributed by atoms with E-state index in [-0.39, 0.29) is 0 Å². The molecule has 0 aliphatic carbocycles. The van der Waals surface area contributed by atoms with Crippen molar-refractivity contribution in [1.82, 2.24) is 5.32 Å². The van der Waals surface area contributed by atoms with Crippen LogP contribution in [0.2, 0.25) is 5.02 Å². The predicted molar refractivity (Wildman–Crippen MR) is 64.1 cm³/mol. The Morgan fingerprint density at radius 2 is 2.43 bits per heavy atom. The third-order valence-electron chi connectivity index (χ3n) is 2.19. The van der Waals surface area contributed by atoms with Crippen molar-refractivity contribution < 1.29 is 0 Å². The second-order valence-electron chi connectivity index (χ2n) is 3.31. The van der Waals surface area contributed by atoms with Crippen molar-refractivity contribution in [2.45, 2.75) is 12.4 Å². The summed E-state index contributed by atoms with van der Waals surface area (Å²) in [6, 6.07) is 5.91. The quantitative estimate of drug-likeness (QED) is 0.814. The van der Waals surface area contributed by atoms with Crippen LogP contribution in [0.1, 0.15) is 5.56 Å². The van der Waals surface area contributed by atoms with Gasteiger partial charge >= 0.3 is 0 Å². The average molecular weight is 229 g/mol. The molecule has 0 spiro atoms. The molecule has 2 rings (SSSR count). The Bertz CT molecular complexity index is 324. The Balaban J connectivity index is 2.08. The molecule has 1 aromatic carbocycles. The summed E-state index contributed by atoms with van der Waals surface area (Å²) in [5.41, 5.74) is 2.68. The first kappa shape index (κ1) is 10.1. The summed E-state index contributed by atoms with van der Waals surface area (Å²) in [6.07, 6.45) is 0. The Kier molecular flexibility index (Phi) is 3.21. The Hall–Kier alpha value is -0.380. The maximum absolute atomic E-state index is 5.88. The standard InChI is InChI=1S/C10H13ClN2S/c1-7-6-8(11)2-3-9(7)13-10-12-4-5-14-10/h2-3,6,10,12-13H,4-5H2,1H3. The third kappa shape index (κ3) is 2.35. The van der Waals surface area contributed by atoms with Crippen LogP contribution in [0.3, 0.4) is 0 Å². The lowest BCUT2D eigenvalue weighted by atomic mass is 10.2. The number of anilines is 1. The van der Waals surface area contributed by atoms with E-state index in [4.69, 9.17) is 11.6 Å². The minimum atomic E-state index is 0.342. The van der Waals surface area contributed by atoms with E-state index in [1.54, 1.807) is 0 Å². The highest BCUT2D eigenvalue weighted by atomic mass is 35.5. The lowest BCUT2D eigenvalue weighted by molar-refractivity contribution is 0.770. The van der Waals surface area contributed by atoms with Crippen LogP contribution >= 0.6 is 23.4 Å². The van der Waals surface area contributed by atoms with Gasteiger partial charge in [-0.15, -0.1) is 11.8 Å². The molecule has 1 aliphatic heterocycles. The van der Waals surface area contributed by atoms with Crippen molar-refractivity contribution in [2.24, 2.45) is 0 Å². The molecule has 1 unspecified atom stereocenters. The van der Waals surface area contributed by atoms with Crippen LogP contribution in [0.5, 0.6) is 0 Å². The van der Waals surface area contributed by atoms with E-state index in [0.717, 1.165) is 17.3 Å². The van der Waals surface area contributed by atoms with E-state index in [1.165, 1.54) is 11.3 Å². The number of aryl methyl sites for hydroxylation is 1. The zero-order chi connectivity index (χ0) is 9.97. The van der Waals surface area contributed by atoms with Crippen LogP contribution in [0.25, 0.3) is 0 Å². The monoisotopic (exact) mass is 228 g/mol. The fourth-order valence-corrected chi connectivity index (χ4v) is 2.59. The minimum absolute atomic E-state index is 0.342. The van der Waals surface area contributed by atoms with Crippen LogP contribution in [0, 0.1) is 6.92 Å². The molecule has 76 valence electrons. The second-order valence-corrected chi connectivity index (χ2v) is 4.96. The first-order chi connectivity index (χ1) is 6.75. The molecule has 1 heterocycles. The van der Waals surface area contributed by atoms with Gasteiger partial charge in [0.25, 0.3) is 0 Å². The third-order valence-corrected chi connectivity index (χ3v) is 3.48. The van der Waals surface area contributed by atoms with Crippen LogP contribution in [0.4, 0.5) is 5.69 Å². The van der Waals surface area contributed by atoms with Crippen molar-refractivity contribution in [3.63, 3.8) is 0 Å². The maximum Gasteiger partial charge on any atom is 0.125 e. The van der Waals surface area contributed by atoms with Crippen molar-refractivity contribution in [3.05, 3.63) is 28.8 Å². The number of benzene rings is 1. The van der Waals surface area contributed by atoms with Crippen molar-refractivity contribution in [2.75, 3.05) is 17.6 Å². The summed E-state index contributed by atoms with van der Waals surface area (Å²) >= 11 is 7.78. The Morgan fingerprint density at radius 1 is 1.57 bits per heavy atom.